The predicted octanol–water partition coefficient (Wildman–Crippen LogP) is 4.68. The monoisotopic (exact) mass is 482 g/mol. The van der Waals surface area contributed by atoms with Crippen molar-refractivity contribution in [3.8, 4) is 17.6 Å². The molecule has 0 bridgehead atoms. The van der Waals surface area contributed by atoms with Gasteiger partial charge in [-0.05, 0) is 58.2 Å². The average Bonchev–Trinajstić information content (AvgIpc) is 3.15. The highest BCUT2D eigenvalue weighted by Gasteiger charge is 2.40. The van der Waals surface area contributed by atoms with Crippen molar-refractivity contribution in [2.45, 2.75) is 78.6 Å². The first-order valence-corrected chi connectivity index (χ1v) is 11.9. The van der Waals surface area contributed by atoms with E-state index in [-0.39, 0.29) is 19.0 Å². The predicted molar refractivity (Wildman–Crippen MR) is 129 cm³/mol. The number of ether oxygens (including phenoxy) is 3. The molecule has 1 aromatic carbocycles. The Kier molecular flexibility index (Phi) is 7.73. The van der Waals surface area contributed by atoms with Crippen LogP contribution in [0.25, 0.3) is 5.69 Å². The van der Waals surface area contributed by atoms with Crippen LogP contribution in [0.3, 0.4) is 0 Å². The lowest BCUT2D eigenvalue weighted by Crippen LogP contribution is -2.43. The number of esters is 1. The van der Waals surface area contributed by atoms with Gasteiger partial charge in [0, 0.05) is 13.0 Å². The van der Waals surface area contributed by atoms with Gasteiger partial charge < -0.3 is 14.2 Å². The van der Waals surface area contributed by atoms with Crippen LogP contribution in [0.1, 0.15) is 77.2 Å². The molecule has 1 aromatic heterocycles. The van der Waals surface area contributed by atoms with Gasteiger partial charge in [-0.3, -0.25) is 4.90 Å². The molecule has 2 aromatic rings. The van der Waals surface area contributed by atoms with Crippen LogP contribution >= 0.6 is 0 Å². The highest BCUT2D eigenvalue weighted by atomic mass is 16.6. The normalized spacial score (nSPS) is 16.3. The van der Waals surface area contributed by atoms with E-state index in [0.717, 1.165) is 11.4 Å². The molecule has 0 N–H and O–H groups in total. The molecule has 2 unspecified atom stereocenters. The van der Waals surface area contributed by atoms with Crippen LogP contribution in [0.15, 0.2) is 24.3 Å². The van der Waals surface area contributed by atoms with Gasteiger partial charge in [0.2, 0.25) is 5.88 Å². The Balaban J connectivity index is 2.07. The Morgan fingerprint density at radius 1 is 1.20 bits per heavy atom. The van der Waals surface area contributed by atoms with Crippen molar-refractivity contribution in [2.24, 2.45) is 0 Å². The number of rotatable bonds is 6. The van der Waals surface area contributed by atoms with Gasteiger partial charge in [0.05, 0.1) is 29.6 Å². The maximum atomic E-state index is 12.9. The van der Waals surface area contributed by atoms with Crippen LogP contribution < -0.4 is 4.74 Å². The summed E-state index contributed by atoms with van der Waals surface area (Å²) in [6.45, 7) is 13.3. The zero-order valence-electron chi connectivity index (χ0n) is 21.5. The van der Waals surface area contributed by atoms with E-state index < -0.39 is 29.8 Å². The van der Waals surface area contributed by atoms with Crippen LogP contribution in [-0.4, -0.2) is 51.6 Å². The van der Waals surface area contributed by atoms with Crippen molar-refractivity contribution in [1.82, 2.24) is 14.7 Å². The summed E-state index contributed by atoms with van der Waals surface area (Å²) in [5.41, 5.74) is 2.48. The smallest absolute Gasteiger partial charge is 0.411 e. The topological polar surface area (TPSA) is 107 Å². The van der Waals surface area contributed by atoms with E-state index in [9.17, 15) is 14.9 Å². The standard InChI is InChI=1S/C26H34N4O5/c1-8-33-24(31)17(4)34-23-22-20(30(28-23)19-11-9-18(10-12-19)16(2)3)13-14-29(21(22)15-27)25(32)35-26(5,6)7/h9-12,16-17,21H,8,13-14H2,1-7H3. The van der Waals surface area contributed by atoms with Crippen molar-refractivity contribution in [2.75, 3.05) is 13.2 Å². The van der Waals surface area contributed by atoms with E-state index in [1.807, 2.05) is 24.3 Å². The number of hydrogen-bond donors (Lipinski definition) is 0. The molecule has 2 heterocycles. The first-order chi connectivity index (χ1) is 16.5. The zero-order chi connectivity index (χ0) is 25.9. The Morgan fingerprint density at radius 3 is 2.40 bits per heavy atom. The fourth-order valence-corrected chi connectivity index (χ4v) is 3.90. The summed E-state index contributed by atoms with van der Waals surface area (Å²) in [5, 5.41) is 14.7. The first kappa shape index (κ1) is 26.1. The molecule has 9 heteroatoms. The van der Waals surface area contributed by atoms with Gasteiger partial charge in [0.25, 0.3) is 0 Å². The number of fused-ring (bicyclic) bond motifs is 1. The number of benzene rings is 1. The molecule has 0 spiro atoms. The summed E-state index contributed by atoms with van der Waals surface area (Å²) in [4.78, 5) is 26.5. The van der Waals surface area contributed by atoms with Crippen LogP contribution in [0, 0.1) is 11.3 Å². The third-order valence-corrected chi connectivity index (χ3v) is 5.62. The second-order valence-electron chi connectivity index (χ2n) is 9.79. The summed E-state index contributed by atoms with van der Waals surface area (Å²) in [6.07, 6.45) is -1.10. The third kappa shape index (κ3) is 5.76. The van der Waals surface area contributed by atoms with Gasteiger partial charge in [-0.1, -0.05) is 26.0 Å². The lowest BCUT2D eigenvalue weighted by atomic mass is 9.99. The van der Waals surface area contributed by atoms with E-state index in [1.165, 1.54) is 10.5 Å². The summed E-state index contributed by atoms with van der Waals surface area (Å²) in [6, 6.07) is 9.22. The van der Waals surface area contributed by atoms with Crippen molar-refractivity contribution < 1.29 is 23.8 Å². The molecule has 1 aliphatic heterocycles. The molecule has 3 rings (SSSR count). The van der Waals surface area contributed by atoms with E-state index in [1.54, 1.807) is 39.3 Å². The number of nitriles is 1. The van der Waals surface area contributed by atoms with Crippen LogP contribution in [-0.2, 0) is 20.7 Å². The highest BCUT2D eigenvalue weighted by molar-refractivity contribution is 5.75. The SMILES string of the molecule is CCOC(=O)C(C)Oc1nn(-c2ccc(C(C)C)cc2)c2c1C(C#N)N(C(=O)OC(C)(C)C)CC2. The van der Waals surface area contributed by atoms with E-state index >= 15 is 0 Å². The molecular formula is C26H34N4O5. The number of carbonyl (C=O) groups excluding carboxylic acids is 2. The van der Waals surface area contributed by atoms with Gasteiger partial charge in [0.15, 0.2) is 12.1 Å². The number of aromatic nitrogens is 2. The molecule has 0 radical (unpaired) electrons. The highest BCUT2D eigenvalue weighted by Crippen LogP contribution is 2.38. The average molecular weight is 483 g/mol. The maximum Gasteiger partial charge on any atom is 0.411 e. The third-order valence-electron chi connectivity index (χ3n) is 5.62. The summed E-state index contributed by atoms with van der Waals surface area (Å²) in [5.74, 6) is -0.0380. The van der Waals surface area contributed by atoms with Crippen molar-refractivity contribution >= 4 is 12.1 Å². The Morgan fingerprint density at radius 2 is 1.86 bits per heavy atom. The molecule has 0 fully saturated rings. The maximum absolute atomic E-state index is 12.9. The lowest BCUT2D eigenvalue weighted by molar-refractivity contribution is -0.150. The Labute approximate surface area is 206 Å². The largest absolute Gasteiger partial charge is 0.463 e. The minimum Gasteiger partial charge on any atom is -0.463 e. The molecule has 0 aliphatic carbocycles. The fourth-order valence-electron chi connectivity index (χ4n) is 3.90. The molecule has 1 amide bonds. The molecule has 0 saturated carbocycles. The first-order valence-electron chi connectivity index (χ1n) is 11.9. The minimum atomic E-state index is -0.985. The second kappa shape index (κ2) is 10.4. The molecule has 1 aliphatic rings. The number of nitrogens with zero attached hydrogens (tertiary/aromatic N) is 4. The van der Waals surface area contributed by atoms with Gasteiger partial charge in [-0.25, -0.2) is 14.3 Å². The fraction of sp³-hybridized carbons (Fsp3) is 0.538. The summed E-state index contributed by atoms with van der Waals surface area (Å²) < 4.78 is 18.2. The molecule has 0 saturated heterocycles. The molecule has 2 atom stereocenters. The molecule has 188 valence electrons. The summed E-state index contributed by atoms with van der Waals surface area (Å²) >= 11 is 0. The molecular weight excluding hydrogens is 448 g/mol. The quantitative estimate of drug-likeness (QED) is 0.550. The number of carbonyl (C=O) groups is 2. The zero-order valence-corrected chi connectivity index (χ0v) is 21.5. The van der Waals surface area contributed by atoms with E-state index in [0.29, 0.717) is 17.9 Å². The number of hydrogen-bond acceptors (Lipinski definition) is 7. The lowest BCUT2D eigenvalue weighted by Gasteiger charge is -2.33. The summed E-state index contributed by atoms with van der Waals surface area (Å²) in [7, 11) is 0. The van der Waals surface area contributed by atoms with E-state index in [2.05, 4.69) is 25.0 Å². The van der Waals surface area contributed by atoms with Gasteiger partial charge in [-0.15, -0.1) is 5.10 Å². The van der Waals surface area contributed by atoms with Crippen LogP contribution in [0.5, 0.6) is 5.88 Å². The van der Waals surface area contributed by atoms with Gasteiger partial charge in [-0.2, -0.15) is 5.26 Å². The number of amides is 1. The Bertz CT molecular complexity index is 1110. The Hall–Kier alpha value is -3.54. The second-order valence-corrected chi connectivity index (χ2v) is 9.79. The van der Waals surface area contributed by atoms with Crippen molar-refractivity contribution in [3.63, 3.8) is 0 Å². The molecule has 9 nitrogen and oxygen atoms in total. The van der Waals surface area contributed by atoms with Gasteiger partial charge >= 0.3 is 12.1 Å². The minimum absolute atomic E-state index is 0.119. The van der Waals surface area contributed by atoms with E-state index in [4.69, 9.17) is 14.2 Å². The molecule has 35 heavy (non-hydrogen) atoms. The van der Waals surface area contributed by atoms with Gasteiger partial charge in [0.1, 0.15) is 5.60 Å². The van der Waals surface area contributed by atoms with Crippen molar-refractivity contribution in [1.29, 1.82) is 5.26 Å². The van der Waals surface area contributed by atoms with Crippen molar-refractivity contribution in [3.05, 3.63) is 41.1 Å². The van der Waals surface area contributed by atoms with Crippen LogP contribution in [0.4, 0.5) is 4.79 Å². The van der Waals surface area contributed by atoms with Crippen LogP contribution in [0.2, 0.25) is 0 Å².